The predicted octanol–water partition coefficient (Wildman–Crippen LogP) is 1.20. The molecule has 0 aromatic heterocycles. The Kier molecular flexibility index (Phi) is 4.70. The van der Waals surface area contributed by atoms with Gasteiger partial charge in [-0.1, -0.05) is 13.5 Å². The summed E-state index contributed by atoms with van der Waals surface area (Å²) in [4.78, 5) is 11.1. The fourth-order valence-corrected chi connectivity index (χ4v) is 1.41. The van der Waals surface area contributed by atoms with E-state index >= 15 is 0 Å². The van der Waals surface area contributed by atoms with E-state index in [0.717, 1.165) is 17.4 Å². The number of nitrogens with zero attached hydrogens (tertiary/aromatic N) is 1. The summed E-state index contributed by atoms with van der Waals surface area (Å²) in [6, 6.07) is 0. The van der Waals surface area contributed by atoms with Crippen molar-refractivity contribution in [3.8, 4) is 0 Å². The molecule has 0 bridgehead atoms. The van der Waals surface area contributed by atoms with Crippen molar-refractivity contribution in [2.24, 2.45) is 0 Å². The summed E-state index contributed by atoms with van der Waals surface area (Å²) in [5.74, 6) is -0.303. The van der Waals surface area contributed by atoms with Crippen LogP contribution < -0.4 is 0 Å². The number of hydrogen-bond acceptors (Lipinski definition) is 2. The molecule has 0 saturated carbocycles. The van der Waals surface area contributed by atoms with E-state index in [0.29, 0.717) is 12.1 Å². The van der Waals surface area contributed by atoms with Gasteiger partial charge in [-0.05, 0) is 6.42 Å². The van der Waals surface area contributed by atoms with E-state index in [1.807, 2.05) is 0 Å². The van der Waals surface area contributed by atoms with Crippen LogP contribution in [-0.4, -0.2) is 44.7 Å². The maximum Gasteiger partial charge on any atom is 0.338 e. The summed E-state index contributed by atoms with van der Waals surface area (Å²) in [6.45, 7) is 7.52. The van der Waals surface area contributed by atoms with Crippen LogP contribution in [0.15, 0.2) is 12.2 Å². The fourth-order valence-electron chi connectivity index (χ4n) is 1.41. The van der Waals surface area contributed by atoms with Crippen LogP contribution in [0.3, 0.4) is 0 Å². The topological polar surface area (TPSA) is 26.3 Å². The molecule has 0 aliphatic carbocycles. The SMILES string of the molecule is C=C(C[N+](C)(C)CCC)C(=O)OC. The molecule has 0 atom stereocenters. The Labute approximate surface area is 80.6 Å². The summed E-state index contributed by atoms with van der Waals surface area (Å²) >= 11 is 0. The third kappa shape index (κ3) is 4.68. The van der Waals surface area contributed by atoms with Crippen LogP contribution in [-0.2, 0) is 9.53 Å². The lowest BCUT2D eigenvalue weighted by Crippen LogP contribution is -2.42. The lowest BCUT2D eigenvalue weighted by molar-refractivity contribution is -0.885. The smallest absolute Gasteiger partial charge is 0.338 e. The first-order valence-electron chi connectivity index (χ1n) is 4.51. The molecule has 3 nitrogen and oxygen atoms in total. The van der Waals surface area contributed by atoms with Crippen LogP contribution in [0.25, 0.3) is 0 Å². The van der Waals surface area contributed by atoms with E-state index in [4.69, 9.17) is 0 Å². The molecule has 0 rings (SSSR count). The Balaban J connectivity index is 4.11. The number of rotatable bonds is 5. The zero-order valence-corrected chi connectivity index (χ0v) is 9.09. The Morgan fingerprint density at radius 3 is 2.38 bits per heavy atom. The van der Waals surface area contributed by atoms with Crippen molar-refractivity contribution in [3.05, 3.63) is 12.2 Å². The average molecular weight is 186 g/mol. The minimum absolute atomic E-state index is 0.303. The van der Waals surface area contributed by atoms with E-state index in [-0.39, 0.29) is 5.97 Å². The molecule has 0 heterocycles. The van der Waals surface area contributed by atoms with E-state index in [9.17, 15) is 4.79 Å². The number of quaternary nitrogens is 1. The standard InChI is InChI=1S/C10H20NO2/c1-6-7-11(3,4)8-9(2)10(12)13-5/h2,6-8H2,1,3-5H3/q+1. The third-order valence-electron chi connectivity index (χ3n) is 1.92. The second kappa shape index (κ2) is 5.02. The van der Waals surface area contributed by atoms with Crippen LogP contribution in [0.4, 0.5) is 0 Å². The number of methoxy groups -OCH3 is 1. The molecule has 0 aliphatic heterocycles. The van der Waals surface area contributed by atoms with Crippen LogP contribution in [0.1, 0.15) is 13.3 Å². The summed E-state index contributed by atoms with van der Waals surface area (Å²) < 4.78 is 5.37. The van der Waals surface area contributed by atoms with Crippen molar-refractivity contribution in [2.45, 2.75) is 13.3 Å². The van der Waals surface area contributed by atoms with E-state index in [1.54, 1.807) is 0 Å². The molecule has 0 aromatic rings. The fraction of sp³-hybridized carbons (Fsp3) is 0.700. The van der Waals surface area contributed by atoms with Crippen molar-refractivity contribution >= 4 is 5.97 Å². The molecule has 0 amide bonds. The van der Waals surface area contributed by atoms with E-state index in [2.05, 4.69) is 32.3 Å². The van der Waals surface area contributed by atoms with Gasteiger partial charge in [0.2, 0.25) is 0 Å². The second-order valence-corrected chi connectivity index (χ2v) is 3.91. The molecule has 0 N–H and O–H groups in total. The maximum atomic E-state index is 11.1. The van der Waals surface area contributed by atoms with Gasteiger partial charge in [-0.3, -0.25) is 0 Å². The van der Waals surface area contributed by atoms with Gasteiger partial charge in [0.05, 0.1) is 33.3 Å². The van der Waals surface area contributed by atoms with Gasteiger partial charge in [0.25, 0.3) is 0 Å². The van der Waals surface area contributed by atoms with Gasteiger partial charge in [0.15, 0.2) is 0 Å². The molecule has 0 saturated heterocycles. The Bertz CT molecular complexity index is 197. The minimum Gasteiger partial charge on any atom is -0.466 e. The number of carbonyl (C=O) groups excluding carboxylic acids is 1. The predicted molar refractivity (Wildman–Crippen MR) is 53.3 cm³/mol. The Hall–Kier alpha value is -0.830. The van der Waals surface area contributed by atoms with Crippen LogP contribution >= 0.6 is 0 Å². The molecule has 0 spiro atoms. The lowest BCUT2D eigenvalue weighted by Gasteiger charge is -2.29. The maximum absolute atomic E-state index is 11.1. The van der Waals surface area contributed by atoms with Gasteiger partial charge in [-0.25, -0.2) is 4.79 Å². The van der Waals surface area contributed by atoms with Crippen molar-refractivity contribution in [2.75, 3.05) is 34.3 Å². The van der Waals surface area contributed by atoms with Crippen LogP contribution in [0, 0.1) is 0 Å². The molecular formula is C10H20NO2+. The van der Waals surface area contributed by atoms with Crippen molar-refractivity contribution in [1.29, 1.82) is 0 Å². The number of hydrogen-bond donors (Lipinski definition) is 0. The highest BCUT2D eigenvalue weighted by Crippen LogP contribution is 2.05. The van der Waals surface area contributed by atoms with Crippen molar-refractivity contribution in [3.63, 3.8) is 0 Å². The Morgan fingerprint density at radius 1 is 1.46 bits per heavy atom. The first-order chi connectivity index (χ1) is 5.93. The second-order valence-electron chi connectivity index (χ2n) is 3.91. The first kappa shape index (κ1) is 12.2. The third-order valence-corrected chi connectivity index (χ3v) is 1.92. The molecule has 13 heavy (non-hydrogen) atoms. The van der Waals surface area contributed by atoms with Gasteiger partial charge in [-0.2, -0.15) is 0 Å². The zero-order chi connectivity index (χ0) is 10.5. The molecular weight excluding hydrogens is 166 g/mol. The van der Waals surface area contributed by atoms with Gasteiger partial charge in [0.1, 0.15) is 6.54 Å². The summed E-state index contributed by atoms with van der Waals surface area (Å²) in [5, 5.41) is 0. The molecule has 0 aliphatic rings. The van der Waals surface area contributed by atoms with Gasteiger partial charge in [-0.15, -0.1) is 0 Å². The number of esters is 1. The molecule has 0 radical (unpaired) electrons. The van der Waals surface area contributed by atoms with Gasteiger partial charge >= 0.3 is 5.97 Å². The molecule has 3 heteroatoms. The average Bonchev–Trinajstić information content (AvgIpc) is 2.01. The highest BCUT2D eigenvalue weighted by atomic mass is 16.5. The van der Waals surface area contributed by atoms with Crippen molar-refractivity contribution < 1.29 is 14.0 Å². The highest BCUT2D eigenvalue weighted by Gasteiger charge is 2.19. The van der Waals surface area contributed by atoms with Crippen molar-refractivity contribution in [1.82, 2.24) is 0 Å². The minimum atomic E-state index is -0.303. The van der Waals surface area contributed by atoms with Crippen LogP contribution in [0.5, 0.6) is 0 Å². The zero-order valence-electron chi connectivity index (χ0n) is 9.09. The monoisotopic (exact) mass is 186 g/mol. The van der Waals surface area contributed by atoms with E-state index in [1.165, 1.54) is 7.11 Å². The van der Waals surface area contributed by atoms with Gasteiger partial charge in [0, 0.05) is 0 Å². The van der Waals surface area contributed by atoms with Crippen LogP contribution in [0.2, 0.25) is 0 Å². The molecule has 0 fully saturated rings. The molecule has 76 valence electrons. The van der Waals surface area contributed by atoms with E-state index < -0.39 is 0 Å². The summed E-state index contributed by atoms with van der Waals surface area (Å²) in [6.07, 6.45) is 1.10. The largest absolute Gasteiger partial charge is 0.466 e. The lowest BCUT2D eigenvalue weighted by atomic mass is 10.2. The highest BCUT2D eigenvalue weighted by molar-refractivity contribution is 5.87. The number of likely N-dealkylation sites (N-methyl/N-ethyl adjacent to an activating group) is 1. The summed E-state index contributed by atoms with van der Waals surface area (Å²) in [7, 11) is 5.54. The first-order valence-corrected chi connectivity index (χ1v) is 4.51. The quantitative estimate of drug-likeness (QED) is 0.366. The summed E-state index contributed by atoms with van der Waals surface area (Å²) in [5.41, 5.74) is 0.543. The molecule has 0 unspecified atom stereocenters. The normalized spacial score (nSPS) is 11.1. The molecule has 0 aromatic carbocycles. The number of carbonyl (C=O) groups is 1. The Morgan fingerprint density at radius 2 is 2.00 bits per heavy atom. The number of ether oxygens (including phenoxy) is 1. The van der Waals surface area contributed by atoms with Gasteiger partial charge < -0.3 is 9.22 Å².